The van der Waals surface area contributed by atoms with Gasteiger partial charge in [0.25, 0.3) is 5.91 Å². The lowest BCUT2D eigenvalue weighted by atomic mass is 10.1. The maximum absolute atomic E-state index is 12.8. The Labute approximate surface area is 151 Å². The van der Waals surface area contributed by atoms with Gasteiger partial charge >= 0.3 is 5.97 Å². The van der Waals surface area contributed by atoms with E-state index in [1.807, 2.05) is 30.3 Å². The summed E-state index contributed by atoms with van der Waals surface area (Å²) < 4.78 is 17.9. The number of hydrogen-bond donors (Lipinski definition) is 1. The summed E-state index contributed by atoms with van der Waals surface area (Å²) in [6, 6.07) is 14.5. The topological polar surface area (TPSA) is 72.5 Å². The predicted molar refractivity (Wildman–Crippen MR) is 93.8 cm³/mol. The van der Waals surface area contributed by atoms with Crippen LogP contribution in [-0.4, -0.2) is 23.8 Å². The first-order valence-electron chi connectivity index (χ1n) is 8.25. The number of rotatable bonds is 8. The van der Waals surface area contributed by atoms with Crippen molar-refractivity contribution >= 4 is 17.7 Å². The minimum absolute atomic E-state index is 0.0666. The third-order valence-corrected chi connectivity index (χ3v) is 3.71. The highest BCUT2D eigenvalue weighted by molar-refractivity contribution is 5.97. The number of Topliss-reactive ketones (excluding diaryl/α,β-unsaturated/α-hetero) is 1. The first kappa shape index (κ1) is 19.3. The normalized spacial score (nSPS) is 11.5. The Kier molecular flexibility index (Phi) is 7.02. The Morgan fingerprint density at radius 1 is 1.00 bits per heavy atom. The highest BCUT2D eigenvalue weighted by Gasteiger charge is 2.18. The largest absolute Gasteiger partial charge is 0.453 e. The molecule has 1 atom stereocenters. The lowest BCUT2D eigenvalue weighted by Crippen LogP contribution is -2.35. The number of esters is 1. The summed E-state index contributed by atoms with van der Waals surface area (Å²) >= 11 is 0. The standard InChI is InChI=1S/C20H20FNO4/c1-14(20(25)22-13-15-5-3-2-4-6-15)26-19(24)12-11-18(23)16-7-9-17(21)10-8-16/h2-10,14H,11-13H2,1H3,(H,22,25)/t14-/m0/s1. The molecule has 0 unspecified atom stereocenters. The smallest absolute Gasteiger partial charge is 0.307 e. The van der Waals surface area contributed by atoms with Crippen molar-refractivity contribution in [3.63, 3.8) is 0 Å². The number of amides is 1. The minimum atomic E-state index is -0.952. The Bertz CT molecular complexity index is 759. The van der Waals surface area contributed by atoms with Crippen LogP contribution in [0.3, 0.4) is 0 Å². The number of carbonyl (C=O) groups excluding carboxylic acids is 3. The first-order valence-corrected chi connectivity index (χ1v) is 8.25. The molecule has 1 amide bonds. The summed E-state index contributed by atoms with van der Waals surface area (Å²) in [6.45, 7) is 1.81. The van der Waals surface area contributed by atoms with Crippen LogP contribution in [0.2, 0.25) is 0 Å². The van der Waals surface area contributed by atoms with E-state index in [4.69, 9.17) is 4.74 Å². The summed E-state index contributed by atoms with van der Waals surface area (Å²) in [5, 5.41) is 2.68. The molecule has 5 nitrogen and oxygen atoms in total. The maximum Gasteiger partial charge on any atom is 0.307 e. The van der Waals surface area contributed by atoms with Crippen LogP contribution >= 0.6 is 0 Å². The molecule has 0 heterocycles. The molecular formula is C20H20FNO4. The highest BCUT2D eigenvalue weighted by atomic mass is 19.1. The van der Waals surface area contributed by atoms with E-state index in [0.717, 1.165) is 5.56 Å². The van der Waals surface area contributed by atoms with Gasteiger partial charge < -0.3 is 10.1 Å². The molecule has 0 spiro atoms. The van der Waals surface area contributed by atoms with Crippen molar-refractivity contribution in [1.29, 1.82) is 0 Å². The molecule has 0 fully saturated rings. The fourth-order valence-corrected chi connectivity index (χ4v) is 2.23. The molecule has 1 N–H and O–H groups in total. The van der Waals surface area contributed by atoms with Crippen LogP contribution in [0.4, 0.5) is 4.39 Å². The van der Waals surface area contributed by atoms with Gasteiger partial charge in [-0.3, -0.25) is 14.4 Å². The van der Waals surface area contributed by atoms with E-state index in [2.05, 4.69) is 5.32 Å². The van der Waals surface area contributed by atoms with Gasteiger partial charge in [0.1, 0.15) is 5.82 Å². The molecule has 6 heteroatoms. The van der Waals surface area contributed by atoms with Crippen LogP contribution in [0.15, 0.2) is 54.6 Å². The van der Waals surface area contributed by atoms with E-state index in [9.17, 15) is 18.8 Å². The molecule has 0 aliphatic rings. The van der Waals surface area contributed by atoms with Gasteiger partial charge in [-0.15, -0.1) is 0 Å². The van der Waals surface area contributed by atoms with Gasteiger partial charge in [-0.25, -0.2) is 4.39 Å². The number of ketones is 1. The van der Waals surface area contributed by atoms with Gasteiger partial charge in [0.15, 0.2) is 11.9 Å². The first-order chi connectivity index (χ1) is 12.5. The van der Waals surface area contributed by atoms with Crippen molar-refractivity contribution < 1.29 is 23.5 Å². The molecule has 0 bridgehead atoms. The Balaban J connectivity index is 1.73. The quantitative estimate of drug-likeness (QED) is 0.582. The predicted octanol–water partition coefficient (Wildman–Crippen LogP) is 3.04. The third-order valence-electron chi connectivity index (χ3n) is 3.71. The summed E-state index contributed by atoms with van der Waals surface area (Å²) in [5.74, 6) is -1.77. The maximum atomic E-state index is 12.8. The van der Waals surface area contributed by atoms with Crippen LogP contribution in [0.1, 0.15) is 35.7 Å². The fourth-order valence-electron chi connectivity index (χ4n) is 2.23. The van der Waals surface area contributed by atoms with Gasteiger partial charge in [-0.2, -0.15) is 0 Å². The van der Waals surface area contributed by atoms with E-state index >= 15 is 0 Å². The van der Waals surface area contributed by atoms with E-state index in [1.54, 1.807) is 0 Å². The molecule has 2 aromatic carbocycles. The van der Waals surface area contributed by atoms with Gasteiger partial charge in [-0.05, 0) is 36.8 Å². The number of carbonyl (C=O) groups is 3. The third kappa shape index (κ3) is 6.12. The fraction of sp³-hybridized carbons (Fsp3) is 0.250. The van der Waals surface area contributed by atoms with Crippen molar-refractivity contribution in [2.24, 2.45) is 0 Å². The summed E-state index contributed by atoms with van der Waals surface area (Å²) in [7, 11) is 0. The second-order valence-electron chi connectivity index (χ2n) is 5.77. The molecule has 26 heavy (non-hydrogen) atoms. The van der Waals surface area contributed by atoms with E-state index in [0.29, 0.717) is 12.1 Å². The molecule has 0 aliphatic heterocycles. The number of nitrogens with one attached hydrogen (secondary N) is 1. The van der Waals surface area contributed by atoms with Crippen molar-refractivity contribution in [3.8, 4) is 0 Å². The van der Waals surface area contributed by atoms with Gasteiger partial charge in [0.2, 0.25) is 0 Å². The number of ether oxygens (including phenoxy) is 1. The van der Waals surface area contributed by atoms with Crippen LogP contribution < -0.4 is 5.32 Å². The molecule has 136 valence electrons. The molecule has 0 aliphatic carbocycles. The summed E-state index contributed by atoms with van der Waals surface area (Å²) in [4.78, 5) is 35.7. The molecule has 0 radical (unpaired) electrons. The van der Waals surface area contributed by atoms with Crippen molar-refractivity contribution in [2.45, 2.75) is 32.4 Å². The van der Waals surface area contributed by atoms with Crippen molar-refractivity contribution in [3.05, 3.63) is 71.5 Å². The average Bonchev–Trinajstić information content (AvgIpc) is 2.65. The summed E-state index contributed by atoms with van der Waals surface area (Å²) in [5.41, 5.74) is 1.26. The lowest BCUT2D eigenvalue weighted by molar-refractivity contribution is -0.154. The van der Waals surface area contributed by atoms with Crippen LogP contribution in [0.5, 0.6) is 0 Å². The molecule has 2 rings (SSSR count). The van der Waals surface area contributed by atoms with Crippen molar-refractivity contribution in [1.82, 2.24) is 5.32 Å². The highest BCUT2D eigenvalue weighted by Crippen LogP contribution is 2.08. The van der Waals surface area contributed by atoms with Gasteiger partial charge in [0, 0.05) is 18.5 Å². The second kappa shape index (κ2) is 9.46. The second-order valence-corrected chi connectivity index (χ2v) is 5.77. The average molecular weight is 357 g/mol. The molecular weight excluding hydrogens is 337 g/mol. The molecule has 0 saturated carbocycles. The number of benzene rings is 2. The zero-order valence-corrected chi connectivity index (χ0v) is 14.4. The SMILES string of the molecule is C[C@H](OC(=O)CCC(=O)c1ccc(F)cc1)C(=O)NCc1ccccc1. The van der Waals surface area contributed by atoms with Gasteiger partial charge in [-0.1, -0.05) is 30.3 Å². The van der Waals surface area contributed by atoms with E-state index in [-0.39, 0.29) is 18.6 Å². The zero-order chi connectivity index (χ0) is 18.9. The summed E-state index contributed by atoms with van der Waals surface area (Å²) in [6.07, 6.45) is -1.16. The number of hydrogen-bond acceptors (Lipinski definition) is 4. The van der Waals surface area contributed by atoms with Crippen LogP contribution in [-0.2, 0) is 20.9 Å². The van der Waals surface area contributed by atoms with E-state index < -0.39 is 23.8 Å². The molecule has 0 aromatic heterocycles. The number of halogens is 1. The Morgan fingerprint density at radius 3 is 2.31 bits per heavy atom. The monoisotopic (exact) mass is 357 g/mol. The Morgan fingerprint density at radius 2 is 1.65 bits per heavy atom. The van der Waals surface area contributed by atoms with Gasteiger partial charge in [0.05, 0.1) is 6.42 Å². The van der Waals surface area contributed by atoms with E-state index in [1.165, 1.54) is 31.2 Å². The van der Waals surface area contributed by atoms with Crippen LogP contribution in [0, 0.1) is 5.82 Å². The zero-order valence-electron chi connectivity index (χ0n) is 14.4. The lowest BCUT2D eigenvalue weighted by Gasteiger charge is -2.13. The van der Waals surface area contributed by atoms with Crippen molar-refractivity contribution in [2.75, 3.05) is 0 Å². The molecule has 2 aromatic rings. The Hall–Kier alpha value is -3.02. The van der Waals surface area contributed by atoms with Crippen LogP contribution in [0.25, 0.3) is 0 Å². The molecule has 0 saturated heterocycles. The minimum Gasteiger partial charge on any atom is -0.453 e.